The fourth-order valence-electron chi connectivity index (χ4n) is 3.67. The van der Waals surface area contributed by atoms with Crippen molar-refractivity contribution in [2.24, 2.45) is 5.73 Å². The smallest absolute Gasteiger partial charge is 0.252 e. The maximum Gasteiger partial charge on any atom is 0.252 e. The molecule has 1 amide bonds. The molecular weight excluding hydrogens is 396 g/mol. The van der Waals surface area contributed by atoms with Gasteiger partial charge in [0.2, 0.25) is 12.7 Å². The minimum Gasteiger partial charge on any atom is -0.454 e. The molecule has 157 valence electrons. The van der Waals surface area contributed by atoms with Crippen LogP contribution in [0, 0.1) is 6.42 Å². The molecule has 0 atom stereocenters. The highest BCUT2D eigenvalue weighted by Gasteiger charge is 2.22. The van der Waals surface area contributed by atoms with Crippen LogP contribution in [0.5, 0.6) is 11.5 Å². The van der Waals surface area contributed by atoms with Crippen LogP contribution in [-0.4, -0.2) is 53.8 Å². The molecule has 1 radical (unpaired) electrons. The molecule has 0 aliphatic carbocycles. The van der Waals surface area contributed by atoms with Gasteiger partial charge in [0.15, 0.2) is 11.5 Å². The summed E-state index contributed by atoms with van der Waals surface area (Å²) >= 11 is 0. The standard InChI is InChI=1S/C22H21N6O3/c23-21(29)16-13-25-22(28-9-7-27(8-10-28)20-3-1-2-6-24-20)26-17(16)11-15-4-5-18-19(12-15)31-14-30-18/h1-6,11-13H,7-10,14H2,(H2,23,29). The molecule has 31 heavy (non-hydrogen) atoms. The highest BCUT2D eigenvalue weighted by Crippen LogP contribution is 2.33. The SMILES string of the molecule is NC(=O)c1cnc(N2CCN(c3ccccn3)CC2)nc1[CH]c1ccc2c(c1)OCO2. The third-order valence-electron chi connectivity index (χ3n) is 5.31. The summed E-state index contributed by atoms with van der Waals surface area (Å²) in [5, 5.41) is 0. The Morgan fingerprint density at radius 1 is 1.00 bits per heavy atom. The summed E-state index contributed by atoms with van der Waals surface area (Å²) in [7, 11) is 0. The first-order valence-corrected chi connectivity index (χ1v) is 9.99. The molecule has 0 spiro atoms. The van der Waals surface area contributed by atoms with E-state index in [0.29, 0.717) is 23.1 Å². The first-order chi connectivity index (χ1) is 15.2. The number of nitrogens with two attached hydrogens (primary N) is 1. The van der Waals surface area contributed by atoms with Crippen molar-refractivity contribution in [1.29, 1.82) is 0 Å². The number of rotatable bonds is 5. The van der Waals surface area contributed by atoms with Crippen LogP contribution in [0.25, 0.3) is 0 Å². The number of anilines is 2. The molecule has 4 heterocycles. The molecule has 0 saturated carbocycles. The Balaban J connectivity index is 1.35. The van der Waals surface area contributed by atoms with Gasteiger partial charge in [0.05, 0.1) is 11.3 Å². The second kappa shape index (κ2) is 8.10. The van der Waals surface area contributed by atoms with Crippen LogP contribution in [0.2, 0.25) is 0 Å². The Kier molecular flexibility index (Phi) is 4.99. The lowest BCUT2D eigenvalue weighted by molar-refractivity contribution is 0.0999. The van der Waals surface area contributed by atoms with Crippen molar-refractivity contribution in [3.8, 4) is 11.5 Å². The molecule has 0 bridgehead atoms. The molecular formula is C22H21N6O3. The molecule has 5 rings (SSSR count). The number of carbonyl (C=O) groups is 1. The van der Waals surface area contributed by atoms with Crippen LogP contribution in [0.4, 0.5) is 11.8 Å². The van der Waals surface area contributed by atoms with E-state index < -0.39 is 5.91 Å². The van der Waals surface area contributed by atoms with Gasteiger partial charge in [-0.05, 0) is 29.8 Å². The lowest BCUT2D eigenvalue weighted by Gasteiger charge is -2.35. The summed E-state index contributed by atoms with van der Waals surface area (Å²) in [6.07, 6.45) is 5.09. The number of carbonyl (C=O) groups excluding carboxylic acids is 1. The van der Waals surface area contributed by atoms with Crippen molar-refractivity contribution in [2.45, 2.75) is 0 Å². The van der Waals surface area contributed by atoms with Gasteiger partial charge in [-0.25, -0.2) is 15.0 Å². The summed E-state index contributed by atoms with van der Waals surface area (Å²) in [6.45, 7) is 3.30. The van der Waals surface area contributed by atoms with E-state index >= 15 is 0 Å². The summed E-state index contributed by atoms with van der Waals surface area (Å²) in [4.78, 5) is 29.7. The highest BCUT2D eigenvalue weighted by molar-refractivity contribution is 5.94. The van der Waals surface area contributed by atoms with Gasteiger partial charge in [0.25, 0.3) is 5.91 Å². The highest BCUT2D eigenvalue weighted by atomic mass is 16.7. The average Bonchev–Trinajstić information content (AvgIpc) is 3.27. The first-order valence-electron chi connectivity index (χ1n) is 9.99. The normalized spacial score (nSPS) is 15.2. The zero-order chi connectivity index (χ0) is 21.2. The summed E-state index contributed by atoms with van der Waals surface area (Å²) in [5.74, 6) is 2.32. The van der Waals surface area contributed by atoms with E-state index in [4.69, 9.17) is 15.2 Å². The number of primary amides is 1. The average molecular weight is 417 g/mol. The second-order valence-corrected chi connectivity index (χ2v) is 7.25. The summed E-state index contributed by atoms with van der Waals surface area (Å²) in [5.41, 5.74) is 7.14. The van der Waals surface area contributed by atoms with Crippen LogP contribution < -0.4 is 25.0 Å². The fourth-order valence-corrected chi connectivity index (χ4v) is 3.67. The molecule has 0 unspecified atom stereocenters. The number of piperazine rings is 1. The molecule has 1 saturated heterocycles. The van der Waals surface area contributed by atoms with Crippen molar-refractivity contribution in [3.63, 3.8) is 0 Å². The summed E-state index contributed by atoms with van der Waals surface area (Å²) < 4.78 is 10.8. The van der Waals surface area contributed by atoms with Gasteiger partial charge in [-0.3, -0.25) is 4.79 Å². The van der Waals surface area contributed by atoms with Crippen molar-refractivity contribution in [3.05, 3.63) is 72.0 Å². The number of hydrogen-bond acceptors (Lipinski definition) is 8. The lowest BCUT2D eigenvalue weighted by Crippen LogP contribution is -2.47. The number of ether oxygens (including phenoxy) is 2. The van der Waals surface area contributed by atoms with Crippen LogP contribution >= 0.6 is 0 Å². The van der Waals surface area contributed by atoms with Crippen molar-refractivity contribution >= 4 is 17.7 Å². The molecule has 2 aromatic heterocycles. The van der Waals surface area contributed by atoms with Crippen LogP contribution in [0.1, 0.15) is 21.6 Å². The van der Waals surface area contributed by atoms with E-state index in [1.165, 1.54) is 6.20 Å². The number of fused-ring (bicyclic) bond motifs is 1. The van der Waals surface area contributed by atoms with Crippen LogP contribution in [0.3, 0.4) is 0 Å². The molecule has 9 nitrogen and oxygen atoms in total. The van der Waals surface area contributed by atoms with E-state index in [1.807, 2.05) is 36.4 Å². The Bertz CT molecular complexity index is 1100. The van der Waals surface area contributed by atoms with Crippen LogP contribution in [0.15, 0.2) is 48.8 Å². The predicted octanol–water partition coefficient (Wildman–Crippen LogP) is 1.63. The Morgan fingerprint density at radius 2 is 1.81 bits per heavy atom. The zero-order valence-electron chi connectivity index (χ0n) is 16.8. The number of nitrogens with zero attached hydrogens (tertiary/aromatic N) is 5. The molecule has 1 aromatic carbocycles. The van der Waals surface area contributed by atoms with E-state index in [-0.39, 0.29) is 12.4 Å². The largest absolute Gasteiger partial charge is 0.454 e. The molecule has 2 aliphatic rings. The Morgan fingerprint density at radius 3 is 2.58 bits per heavy atom. The van der Waals surface area contributed by atoms with Gasteiger partial charge >= 0.3 is 0 Å². The number of hydrogen-bond donors (Lipinski definition) is 1. The fraction of sp³-hybridized carbons (Fsp3) is 0.227. The number of benzene rings is 1. The van der Waals surface area contributed by atoms with Gasteiger partial charge in [-0.1, -0.05) is 12.1 Å². The van der Waals surface area contributed by atoms with Crippen molar-refractivity contribution in [1.82, 2.24) is 15.0 Å². The van der Waals surface area contributed by atoms with Crippen molar-refractivity contribution in [2.75, 3.05) is 42.8 Å². The minimum atomic E-state index is -0.571. The number of aromatic nitrogens is 3. The van der Waals surface area contributed by atoms with E-state index in [0.717, 1.165) is 37.6 Å². The van der Waals surface area contributed by atoms with E-state index in [9.17, 15) is 4.79 Å². The molecule has 3 aromatic rings. The lowest BCUT2D eigenvalue weighted by atomic mass is 10.1. The molecule has 1 fully saturated rings. The Labute approximate surface area is 179 Å². The third-order valence-corrected chi connectivity index (χ3v) is 5.31. The monoisotopic (exact) mass is 417 g/mol. The van der Waals surface area contributed by atoms with Gasteiger partial charge in [0.1, 0.15) is 5.82 Å². The molecule has 9 heteroatoms. The van der Waals surface area contributed by atoms with Crippen LogP contribution in [-0.2, 0) is 0 Å². The van der Waals surface area contributed by atoms with Gasteiger partial charge in [-0.15, -0.1) is 0 Å². The zero-order valence-corrected chi connectivity index (χ0v) is 16.8. The molecule has 2 aliphatic heterocycles. The van der Waals surface area contributed by atoms with Crippen molar-refractivity contribution < 1.29 is 14.3 Å². The van der Waals surface area contributed by atoms with Gasteiger partial charge < -0.3 is 25.0 Å². The number of amides is 1. The first kappa shape index (κ1) is 19.1. The maximum absolute atomic E-state index is 11.9. The quantitative estimate of drug-likeness (QED) is 0.668. The maximum atomic E-state index is 11.9. The Hall–Kier alpha value is -3.88. The third kappa shape index (κ3) is 3.94. The predicted molar refractivity (Wildman–Crippen MR) is 114 cm³/mol. The van der Waals surface area contributed by atoms with Gasteiger partial charge in [-0.2, -0.15) is 0 Å². The van der Waals surface area contributed by atoms with E-state index in [1.54, 1.807) is 12.6 Å². The second-order valence-electron chi connectivity index (χ2n) is 7.25. The number of pyridine rings is 1. The topological polar surface area (TPSA) is 107 Å². The van der Waals surface area contributed by atoms with E-state index in [2.05, 4.69) is 24.8 Å². The summed E-state index contributed by atoms with van der Waals surface area (Å²) in [6, 6.07) is 11.5. The minimum absolute atomic E-state index is 0.202. The molecule has 2 N–H and O–H groups in total. The van der Waals surface area contributed by atoms with Gasteiger partial charge in [0, 0.05) is 45.0 Å².